The summed E-state index contributed by atoms with van der Waals surface area (Å²) in [6.45, 7) is 4.06. The molecule has 1 aliphatic carbocycles. The Hall–Kier alpha value is -0.780. The van der Waals surface area contributed by atoms with Crippen LogP contribution in [0.1, 0.15) is 44.0 Å². The molecule has 6 heteroatoms. The quantitative estimate of drug-likeness (QED) is 0.798. The molecule has 3 unspecified atom stereocenters. The van der Waals surface area contributed by atoms with Crippen LogP contribution >= 0.6 is 22.9 Å². The molecule has 1 saturated carbocycles. The van der Waals surface area contributed by atoms with E-state index in [-0.39, 0.29) is 30.1 Å². The van der Waals surface area contributed by atoms with E-state index in [1.165, 1.54) is 11.3 Å². The minimum absolute atomic E-state index is 0.0339. The third-order valence-corrected chi connectivity index (χ3v) is 5.53. The summed E-state index contributed by atoms with van der Waals surface area (Å²) in [4.78, 5) is 13.1. The summed E-state index contributed by atoms with van der Waals surface area (Å²) >= 11 is 7.36. The fraction of sp³-hybridized carbons (Fsp3) is 0.643. The van der Waals surface area contributed by atoms with Gasteiger partial charge < -0.3 is 15.7 Å². The number of amides is 2. The molecule has 0 radical (unpaired) electrons. The van der Waals surface area contributed by atoms with Gasteiger partial charge in [-0.15, -0.1) is 11.3 Å². The highest BCUT2D eigenvalue weighted by Gasteiger charge is 2.39. The van der Waals surface area contributed by atoms with Gasteiger partial charge in [0.15, 0.2) is 0 Å². The smallest absolute Gasteiger partial charge is 0.315 e. The predicted octanol–water partition coefficient (Wildman–Crippen LogP) is 3.31. The average molecular weight is 317 g/mol. The molecule has 2 rings (SSSR count). The number of hydrogen-bond donors (Lipinski definition) is 3. The van der Waals surface area contributed by atoms with E-state index in [2.05, 4.69) is 10.6 Å². The van der Waals surface area contributed by atoms with E-state index in [0.29, 0.717) is 0 Å². The first-order valence-corrected chi connectivity index (χ1v) is 8.07. The number of hydrogen-bond acceptors (Lipinski definition) is 3. The third-order valence-electron chi connectivity index (χ3n) is 4.12. The first kappa shape index (κ1) is 15.6. The minimum atomic E-state index is -0.202. The standard InChI is InChI=1S/C14H21ClN2O2S/c1-9(10-5-6-12(15)20-10)16-13(19)17-11-4-3-7-14(11,2)8-18/h5-6,9,11,18H,3-4,7-8H2,1-2H3,(H2,16,17,19). The number of aliphatic hydroxyl groups is 1. The largest absolute Gasteiger partial charge is 0.396 e. The number of nitrogens with one attached hydrogen (secondary N) is 2. The minimum Gasteiger partial charge on any atom is -0.396 e. The molecule has 0 bridgehead atoms. The van der Waals surface area contributed by atoms with Gasteiger partial charge in [-0.3, -0.25) is 0 Å². The van der Waals surface area contributed by atoms with E-state index in [1.807, 2.05) is 26.0 Å². The van der Waals surface area contributed by atoms with Gasteiger partial charge >= 0.3 is 6.03 Å². The van der Waals surface area contributed by atoms with Crippen LogP contribution in [0.3, 0.4) is 0 Å². The van der Waals surface area contributed by atoms with Crippen LogP contribution in [-0.2, 0) is 0 Å². The van der Waals surface area contributed by atoms with Crippen molar-refractivity contribution < 1.29 is 9.90 Å². The zero-order valence-electron chi connectivity index (χ0n) is 11.8. The maximum Gasteiger partial charge on any atom is 0.315 e. The molecule has 0 spiro atoms. The maximum atomic E-state index is 12.1. The van der Waals surface area contributed by atoms with Gasteiger partial charge in [0.05, 0.1) is 17.0 Å². The average Bonchev–Trinajstić information content (AvgIpc) is 2.97. The Balaban J connectivity index is 1.89. The fourth-order valence-electron chi connectivity index (χ4n) is 2.70. The summed E-state index contributed by atoms with van der Waals surface area (Å²) < 4.78 is 0.720. The Kier molecular flexibility index (Phi) is 4.94. The van der Waals surface area contributed by atoms with Crippen LogP contribution in [0, 0.1) is 5.41 Å². The van der Waals surface area contributed by atoms with Crippen molar-refractivity contribution in [1.82, 2.24) is 10.6 Å². The Labute approximate surface area is 128 Å². The molecule has 1 heterocycles. The highest BCUT2D eigenvalue weighted by Crippen LogP contribution is 2.37. The first-order chi connectivity index (χ1) is 9.44. The van der Waals surface area contributed by atoms with Gasteiger partial charge in [-0.25, -0.2) is 4.79 Å². The second-order valence-corrected chi connectivity index (χ2v) is 7.48. The van der Waals surface area contributed by atoms with Crippen LogP contribution in [0.2, 0.25) is 4.34 Å². The lowest BCUT2D eigenvalue weighted by Gasteiger charge is -2.30. The second kappa shape index (κ2) is 6.33. The van der Waals surface area contributed by atoms with Gasteiger partial charge in [0.25, 0.3) is 0 Å². The molecule has 0 saturated heterocycles. The van der Waals surface area contributed by atoms with Gasteiger partial charge in [-0.05, 0) is 31.9 Å². The summed E-state index contributed by atoms with van der Waals surface area (Å²) in [5.74, 6) is 0. The van der Waals surface area contributed by atoms with Crippen molar-refractivity contribution in [2.45, 2.75) is 45.2 Å². The van der Waals surface area contributed by atoms with E-state index in [9.17, 15) is 9.90 Å². The van der Waals surface area contributed by atoms with Crippen molar-refractivity contribution in [3.63, 3.8) is 0 Å². The van der Waals surface area contributed by atoms with Gasteiger partial charge in [0.1, 0.15) is 0 Å². The van der Waals surface area contributed by atoms with E-state index in [1.54, 1.807) is 0 Å². The molecular weight excluding hydrogens is 296 g/mol. The Morgan fingerprint density at radius 3 is 3.00 bits per heavy atom. The highest BCUT2D eigenvalue weighted by molar-refractivity contribution is 7.16. The third kappa shape index (κ3) is 3.45. The van der Waals surface area contributed by atoms with E-state index in [4.69, 9.17) is 11.6 Å². The number of aliphatic hydroxyl groups excluding tert-OH is 1. The molecule has 1 fully saturated rings. The molecule has 1 aliphatic rings. The number of carbonyl (C=O) groups is 1. The molecule has 0 aliphatic heterocycles. The summed E-state index contributed by atoms with van der Waals surface area (Å²) in [6, 6.07) is 3.53. The number of halogens is 1. The van der Waals surface area contributed by atoms with E-state index < -0.39 is 0 Å². The molecule has 4 nitrogen and oxygen atoms in total. The van der Waals surface area contributed by atoms with Crippen molar-refractivity contribution in [1.29, 1.82) is 0 Å². The zero-order valence-corrected chi connectivity index (χ0v) is 13.4. The number of urea groups is 1. The van der Waals surface area contributed by atoms with Crippen LogP contribution in [-0.4, -0.2) is 23.8 Å². The summed E-state index contributed by atoms with van der Waals surface area (Å²) in [7, 11) is 0. The van der Waals surface area contributed by atoms with Crippen molar-refractivity contribution in [2.75, 3.05) is 6.61 Å². The molecule has 20 heavy (non-hydrogen) atoms. The van der Waals surface area contributed by atoms with Crippen LogP contribution in [0.4, 0.5) is 4.79 Å². The fourth-order valence-corrected chi connectivity index (χ4v) is 3.76. The molecule has 2 amide bonds. The van der Waals surface area contributed by atoms with E-state index >= 15 is 0 Å². The normalized spacial score (nSPS) is 27.3. The van der Waals surface area contributed by atoms with Crippen molar-refractivity contribution in [3.8, 4) is 0 Å². The van der Waals surface area contributed by atoms with Gasteiger partial charge in [-0.1, -0.05) is 24.9 Å². The molecular formula is C14H21ClN2O2S. The van der Waals surface area contributed by atoms with Crippen LogP contribution in [0.5, 0.6) is 0 Å². The Morgan fingerprint density at radius 1 is 1.65 bits per heavy atom. The molecule has 1 aromatic rings. The lowest BCUT2D eigenvalue weighted by Crippen LogP contribution is -2.49. The summed E-state index contributed by atoms with van der Waals surface area (Å²) in [6.07, 6.45) is 2.91. The molecule has 3 atom stereocenters. The second-order valence-electron chi connectivity index (χ2n) is 5.74. The molecule has 112 valence electrons. The highest BCUT2D eigenvalue weighted by atomic mass is 35.5. The summed E-state index contributed by atoms with van der Waals surface area (Å²) in [5, 5.41) is 15.4. The van der Waals surface area contributed by atoms with Gasteiger partial charge in [-0.2, -0.15) is 0 Å². The number of thiophene rings is 1. The van der Waals surface area contributed by atoms with Crippen LogP contribution < -0.4 is 10.6 Å². The topological polar surface area (TPSA) is 61.4 Å². The lowest BCUT2D eigenvalue weighted by molar-refractivity contribution is 0.121. The molecule has 3 N–H and O–H groups in total. The number of carbonyl (C=O) groups excluding carboxylic acids is 1. The predicted molar refractivity (Wildman–Crippen MR) is 82.2 cm³/mol. The van der Waals surface area contributed by atoms with Crippen LogP contribution in [0.15, 0.2) is 12.1 Å². The Morgan fingerprint density at radius 2 is 2.40 bits per heavy atom. The number of rotatable bonds is 4. The monoisotopic (exact) mass is 316 g/mol. The zero-order chi connectivity index (χ0) is 14.8. The molecule has 1 aromatic heterocycles. The van der Waals surface area contributed by atoms with E-state index in [0.717, 1.165) is 28.5 Å². The Bertz CT molecular complexity index is 479. The maximum absolute atomic E-state index is 12.1. The molecule has 0 aromatic carbocycles. The van der Waals surface area contributed by atoms with Crippen molar-refractivity contribution in [3.05, 3.63) is 21.3 Å². The summed E-state index contributed by atoms with van der Waals surface area (Å²) in [5.41, 5.74) is -0.202. The SMILES string of the molecule is CC(NC(=O)NC1CCCC1(C)CO)c1ccc(Cl)s1. The lowest BCUT2D eigenvalue weighted by atomic mass is 9.86. The van der Waals surface area contributed by atoms with Gasteiger partial charge in [0, 0.05) is 16.3 Å². The first-order valence-electron chi connectivity index (χ1n) is 6.88. The van der Waals surface area contributed by atoms with Crippen molar-refractivity contribution in [2.24, 2.45) is 5.41 Å². The van der Waals surface area contributed by atoms with Crippen molar-refractivity contribution >= 4 is 29.0 Å². The van der Waals surface area contributed by atoms with Gasteiger partial charge in [0.2, 0.25) is 0 Å². The van der Waals surface area contributed by atoms with Crippen LogP contribution in [0.25, 0.3) is 0 Å².